The number of hydrogen-bond donors (Lipinski definition) is 1. The highest BCUT2D eigenvalue weighted by Gasteiger charge is 2.23. The van der Waals surface area contributed by atoms with Crippen LogP contribution < -0.4 is 5.56 Å². The van der Waals surface area contributed by atoms with Crippen LogP contribution in [-0.4, -0.2) is 34.0 Å². The van der Waals surface area contributed by atoms with E-state index in [4.69, 9.17) is 0 Å². The fourth-order valence-corrected chi connectivity index (χ4v) is 3.22. The minimum Gasteiger partial charge on any atom is -0.362 e. The molecule has 4 nitrogen and oxygen atoms in total. The van der Waals surface area contributed by atoms with Crippen LogP contribution in [0, 0.1) is 0 Å². The van der Waals surface area contributed by atoms with E-state index in [2.05, 4.69) is 43.5 Å². The second-order valence-corrected chi connectivity index (χ2v) is 7.15. The monoisotopic (exact) mass is 293 g/mol. The van der Waals surface area contributed by atoms with Gasteiger partial charge < -0.3 is 4.90 Å². The Morgan fingerprint density at radius 2 is 2.15 bits per heavy atom. The lowest BCUT2D eigenvalue weighted by Crippen LogP contribution is -2.16. The summed E-state index contributed by atoms with van der Waals surface area (Å²) in [5.74, 6) is 1.09. The Morgan fingerprint density at radius 3 is 2.65 bits per heavy atom. The third-order valence-corrected chi connectivity index (χ3v) is 4.50. The van der Waals surface area contributed by atoms with Gasteiger partial charge in [0.1, 0.15) is 5.03 Å². The Balaban J connectivity index is 2.53. The lowest BCUT2D eigenvalue weighted by molar-refractivity contribution is 0.494. The van der Waals surface area contributed by atoms with Gasteiger partial charge in [0, 0.05) is 31.3 Å². The van der Waals surface area contributed by atoms with E-state index in [0.29, 0.717) is 6.54 Å². The predicted octanol–water partition coefficient (Wildman–Crippen LogP) is 2.63. The normalized spacial score (nSPS) is 15.7. The summed E-state index contributed by atoms with van der Waals surface area (Å²) in [6.45, 7) is 9.99. The van der Waals surface area contributed by atoms with Crippen LogP contribution >= 0.6 is 11.8 Å². The van der Waals surface area contributed by atoms with Crippen LogP contribution in [0.25, 0.3) is 6.08 Å². The number of aryl methyl sites for hydroxylation is 1. The third kappa shape index (κ3) is 2.89. The van der Waals surface area contributed by atoms with Gasteiger partial charge in [-0.25, -0.2) is 0 Å². The summed E-state index contributed by atoms with van der Waals surface area (Å²) >= 11 is 1.78. The molecule has 0 amide bonds. The minimum absolute atomic E-state index is 0.0381. The molecule has 20 heavy (non-hydrogen) atoms. The first-order valence-corrected chi connectivity index (χ1v) is 7.97. The quantitative estimate of drug-likeness (QED) is 0.852. The number of aromatic amines is 1. The Hall–Kier alpha value is -1.32. The Labute approximate surface area is 124 Å². The van der Waals surface area contributed by atoms with Crippen molar-refractivity contribution in [2.45, 2.75) is 39.7 Å². The summed E-state index contributed by atoms with van der Waals surface area (Å²) in [5, 5.41) is 4.33. The van der Waals surface area contributed by atoms with Gasteiger partial charge in [-0.3, -0.25) is 14.6 Å². The number of nitrogens with one attached hydrogen (secondary N) is 1. The van der Waals surface area contributed by atoms with E-state index in [-0.39, 0.29) is 11.0 Å². The van der Waals surface area contributed by atoms with Crippen LogP contribution in [0.3, 0.4) is 0 Å². The molecule has 0 aromatic carbocycles. The van der Waals surface area contributed by atoms with E-state index < -0.39 is 0 Å². The maximum atomic E-state index is 12.4. The number of H-pyrrole nitrogens is 1. The smallest absolute Gasteiger partial charge is 0.274 e. The number of thioether (sulfide) groups is 1. The topological polar surface area (TPSA) is 41.0 Å². The van der Waals surface area contributed by atoms with Crippen molar-refractivity contribution in [2.75, 3.05) is 19.3 Å². The van der Waals surface area contributed by atoms with Gasteiger partial charge in [0.15, 0.2) is 0 Å². The van der Waals surface area contributed by atoms with E-state index >= 15 is 0 Å². The molecule has 2 heterocycles. The first kappa shape index (κ1) is 15.1. The SMILES string of the molecule is CCn1[nH]c(C(C)(C)C)c(C=C=C2SCCN2C)c1=O. The van der Waals surface area contributed by atoms with Crippen LogP contribution in [0.2, 0.25) is 0 Å². The minimum atomic E-state index is -0.0908. The zero-order valence-electron chi connectivity index (χ0n) is 12.9. The van der Waals surface area contributed by atoms with E-state index in [9.17, 15) is 4.79 Å². The standard InChI is InChI=1S/C15H23N3OS/c1-6-18-14(19)11(13(16-18)15(2,3)4)7-8-12-17(5)9-10-20-12/h7,16H,6,9-10H2,1-5H3. The molecule has 1 aromatic heterocycles. The number of nitrogens with zero attached hydrogens (tertiary/aromatic N) is 2. The van der Waals surface area contributed by atoms with Crippen LogP contribution in [-0.2, 0) is 12.0 Å². The van der Waals surface area contributed by atoms with Crippen LogP contribution in [0.4, 0.5) is 0 Å². The van der Waals surface area contributed by atoms with Gasteiger partial charge >= 0.3 is 0 Å². The van der Waals surface area contributed by atoms with Gasteiger partial charge in [-0.15, -0.1) is 0 Å². The lowest BCUT2D eigenvalue weighted by Gasteiger charge is -2.17. The molecule has 0 bridgehead atoms. The summed E-state index contributed by atoms with van der Waals surface area (Å²) in [6, 6.07) is 0. The Kier molecular flexibility index (Phi) is 4.21. The Morgan fingerprint density at radius 1 is 1.45 bits per heavy atom. The second kappa shape index (κ2) is 5.58. The molecule has 1 saturated heterocycles. The van der Waals surface area contributed by atoms with Crippen molar-refractivity contribution in [3.8, 4) is 0 Å². The van der Waals surface area contributed by atoms with Crippen LogP contribution in [0.5, 0.6) is 0 Å². The molecule has 0 radical (unpaired) electrons. The molecule has 110 valence electrons. The molecule has 2 rings (SSSR count). The molecule has 1 N–H and O–H groups in total. The zero-order chi connectivity index (χ0) is 14.9. The molecule has 1 aromatic rings. The van der Waals surface area contributed by atoms with Crippen molar-refractivity contribution < 1.29 is 0 Å². The van der Waals surface area contributed by atoms with Gasteiger partial charge in [-0.05, 0) is 13.0 Å². The summed E-state index contributed by atoms with van der Waals surface area (Å²) in [5.41, 5.74) is 4.94. The maximum absolute atomic E-state index is 12.4. The van der Waals surface area contributed by atoms with Gasteiger partial charge in [-0.1, -0.05) is 38.3 Å². The molecule has 0 saturated carbocycles. The van der Waals surface area contributed by atoms with Gasteiger partial charge in [0.2, 0.25) is 0 Å². The van der Waals surface area contributed by atoms with E-state index in [1.807, 2.05) is 13.0 Å². The molecule has 0 unspecified atom stereocenters. The van der Waals surface area contributed by atoms with Crippen LogP contribution in [0.1, 0.15) is 39.0 Å². The predicted molar refractivity (Wildman–Crippen MR) is 86.0 cm³/mol. The average molecular weight is 293 g/mol. The molecule has 1 fully saturated rings. The largest absolute Gasteiger partial charge is 0.362 e. The van der Waals surface area contributed by atoms with Gasteiger partial charge in [0.05, 0.1) is 11.3 Å². The number of aromatic nitrogens is 2. The van der Waals surface area contributed by atoms with Gasteiger partial charge in [0.25, 0.3) is 5.56 Å². The summed E-state index contributed by atoms with van der Waals surface area (Å²) in [7, 11) is 2.06. The van der Waals surface area contributed by atoms with Crippen molar-refractivity contribution >= 4 is 17.8 Å². The fourth-order valence-electron chi connectivity index (χ4n) is 2.20. The van der Waals surface area contributed by atoms with Crippen molar-refractivity contribution in [3.63, 3.8) is 0 Å². The number of hydrogen-bond acceptors (Lipinski definition) is 3. The average Bonchev–Trinajstić information content (AvgIpc) is 2.90. The maximum Gasteiger partial charge on any atom is 0.274 e. The van der Waals surface area contributed by atoms with Gasteiger partial charge in [-0.2, -0.15) is 0 Å². The van der Waals surface area contributed by atoms with E-state index in [0.717, 1.165) is 28.6 Å². The summed E-state index contributed by atoms with van der Waals surface area (Å²) < 4.78 is 1.66. The molecule has 1 aliphatic rings. The van der Waals surface area contributed by atoms with Crippen LogP contribution in [0.15, 0.2) is 15.6 Å². The van der Waals surface area contributed by atoms with Crippen molar-refractivity contribution in [1.29, 1.82) is 0 Å². The first-order valence-electron chi connectivity index (χ1n) is 6.98. The number of rotatable bonds is 2. The van der Waals surface area contributed by atoms with E-state index in [1.165, 1.54) is 0 Å². The molecule has 0 spiro atoms. The highest BCUT2D eigenvalue weighted by molar-refractivity contribution is 8.03. The molecule has 1 aliphatic heterocycles. The first-order chi connectivity index (χ1) is 9.34. The highest BCUT2D eigenvalue weighted by atomic mass is 32.2. The lowest BCUT2D eigenvalue weighted by atomic mass is 9.89. The van der Waals surface area contributed by atoms with Crippen molar-refractivity contribution in [2.24, 2.45) is 0 Å². The molecule has 0 aliphatic carbocycles. The van der Waals surface area contributed by atoms with E-state index in [1.54, 1.807) is 16.4 Å². The fraction of sp³-hybridized carbons (Fsp3) is 0.600. The molecule has 0 atom stereocenters. The molecule has 5 heteroatoms. The second-order valence-electron chi connectivity index (χ2n) is 6.06. The zero-order valence-corrected chi connectivity index (χ0v) is 13.7. The molecular formula is C15H23N3OS. The van der Waals surface area contributed by atoms with Crippen molar-refractivity contribution in [3.05, 3.63) is 32.4 Å². The van der Waals surface area contributed by atoms with Crippen molar-refractivity contribution in [1.82, 2.24) is 14.7 Å². The summed E-state index contributed by atoms with van der Waals surface area (Å²) in [6.07, 6.45) is 1.84. The Bertz CT molecular complexity index is 612. The third-order valence-electron chi connectivity index (χ3n) is 3.41. The summed E-state index contributed by atoms with van der Waals surface area (Å²) in [4.78, 5) is 14.6. The molecular weight excluding hydrogens is 270 g/mol. The highest BCUT2D eigenvalue weighted by Crippen LogP contribution is 2.26.